The number of benzene rings is 1. The van der Waals surface area contributed by atoms with Crippen molar-refractivity contribution in [3.05, 3.63) is 41.3 Å². The molecule has 3 rings (SSSR count). The Labute approximate surface area is 143 Å². The van der Waals surface area contributed by atoms with E-state index >= 15 is 0 Å². The van der Waals surface area contributed by atoms with Crippen LogP contribution < -0.4 is 9.47 Å². The fourth-order valence-corrected chi connectivity index (χ4v) is 3.31. The molecule has 0 bridgehead atoms. The van der Waals surface area contributed by atoms with Crippen molar-refractivity contribution in [2.75, 3.05) is 19.8 Å². The Morgan fingerprint density at radius 3 is 2.67 bits per heavy atom. The Morgan fingerprint density at radius 1 is 1.17 bits per heavy atom. The Hall–Kier alpha value is -2.01. The summed E-state index contributed by atoms with van der Waals surface area (Å²) in [5, 5.41) is 4.04. The molecule has 1 atom stereocenters. The Kier molecular flexibility index (Phi) is 5.41. The van der Waals surface area contributed by atoms with Crippen LogP contribution in [0.25, 0.3) is 0 Å². The standard InChI is InChI=1S/C19H26N2O3/c1-4-22-17-9-8-15(12-19(17)23-5-2)13-21-10-6-7-16(21)18-11-14(3)20-24-18/h8-9,11-12,16H,4-7,10,13H2,1-3H3. The van der Waals surface area contributed by atoms with Gasteiger partial charge in [-0.1, -0.05) is 11.2 Å². The van der Waals surface area contributed by atoms with Gasteiger partial charge in [-0.15, -0.1) is 0 Å². The molecular formula is C19H26N2O3. The zero-order valence-corrected chi connectivity index (χ0v) is 14.7. The number of likely N-dealkylation sites (tertiary alicyclic amines) is 1. The van der Waals surface area contributed by atoms with E-state index in [1.807, 2.05) is 32.9 Å². The summed E-state index contributed by atoms with van der Waals surface area (Å²) in [5.74, 6) is 2.61. The summed E-state index contributed by atoms with van der Waals surface area (Å²) in [6.45, 7) is 9.15. The van der Waals surface area contributed by atoms with Crippen LogP contribution in [0.15, 0.2) is 28.8 Å². The summed E-state index contributed by atoms with van der Waals surface area (Å²) in [4.78, 5) is 2.45. The van der Waals surface area contributed by atoms with Crippen LogP contribution in [0.4, 0.5) is 0 Å². The lowest BCUT2D eigenvalue weighted by Crippen LogP contribution is -2.22. The van der Waals surface area contributed by atoms with E-state index in [0.29, 0.717) is 19.3 Å². The van der Waals surface area contributed by atoms with E-state index in [9.17, 15) is 0 Å². The van der Waals surface area contributed by atoms with E-state index < -0.39 is 0 Å². The van der Waals surface area contributed by atoms with Gasteiger partial charge in [0.25, 0.3) is 0 Å². The lowest BCUT2D eigenvalue weighted by Gasteiger charge is -2.23. The van der Waals surface area contributed by atoms with Gasteiger partial charge in [0.2, 0.25) is 0 Å². The minimum atomic E-state index is 0.313. The van der Waals surface area contributed by atoms with Crippen LogP contribution in [-0.4, -0.2) is 29.8 Å². The van der Waals surface area contributed by atoms with E-state index in [1.54, 1.807) is 0 Å². The summed E-state index contributed by atoms with van der Waals surface area (Å²) in [7, 11) is 0. The van der Waals surface area contributed by atoms with Crippen LogP contribution >= 0.6 is 0 Å². The minimum Gasteiger partial charge on any atom is -0.490 e. The molecule has 0 saturated carbocycles. The minimum absolute atomic E-state index is 0.313. The number of rotatable bonds is 7. The number of ether oxygens (including phenoxy) is 2. The summed E-state index contributed by atoms with van der Waals surface area (Å²) in [5.41, 5.74) is 2.17. The van der Waals surface area contributed by atoms with Crippen molar-refractivity contribution in [1.82, 2.24) is 10.1 Å². The maximum absolute atomic E-state index is 5.74. The van der Waals surface area contributed by atoms with Crippen molar-refractivity contribution < 1.29 is 14.0 Å². The summed E-state index contributed by atoms with van der Waals surface area (Å²) in [6, 6.07) is 8.58. The van der Waals surface area contributed by atoms with Gasteiger partial charge in [0, 0.05) is 12.6 Å². The Balaban J connectivity index is 1.75. The van der Waals surface area contributed by atoms with Gasteiger partial charge >= 0.3 is 0 Å². The van der Waals surface area contributed by atoms with Crippen LogP contribution in [0, 0.1) is 6.92 Å². The fourth-order valence-electron chi connectivity index (χ4n) is 3.31. The first-order valence-corrected chi connectivity index (χ1v) is 8.77. The smallest absolute Gasteiger partial charge is 0.161 e. The normalized spacial score (nSPS) is 18.0. The zero-order valence-electron chi connectivity index (χ0n) is 14.7. The van der Waals surface area contributed by atoms with E-state index in [4.69, 9.17) is 14.0 Å². The molecule has 24 heavy (non-hydrogen) atoms. The second kappa shape index (κ2) is 7.71. The molecule has 0 N–H and O–H groups in total. The second-order valence-corrected chi connectivity index (χ2v) is 6.15. The first-order chi connectivity index (χ1) is 11.7. The molecule has 1 saturated heterocycles. The predicted molar refractivity (Wildman–Crippen MR) is 92.4 cm³/mol. The number of hydrogen-bond acceptors (Lipinski definition) is 5. The van der Waals surface area contributed by atoms with Crippen LogP contribution in [0.1, 0.15) is 49.7 Å². The predicted octanol–water partition coefficient (Wildman–Crippen LogP) is 4.12. The molecule has 1 aromatic carbocycles. The van der Waals surface area contributed by atoms with Crippen molar-refractivity contribution in [3.63, 3.8) is 0 Å². The van der Waals surface area contributed by atoms with Crippen LogP contribution in [0.2, 0.25) is 0 Å². The third-order valence-electron chi connectivity index (χ3n) is 4.33. The molecule has 130 valence electrons. The molecule has 1 aliphatic rings. The molecule has 1 aliphatic heterocycles. The lowest BCUT2D eigenvalue weighted by atomic mass is 10.1. The molecule has 1 aromatic heterocycles. The molecule has 0 aliphatic carbocycles. The molecule has 2 aromatic rings. The number of hydrogen-bond donors (Lipinski definition) is 0. The van der Waals surface area contributed by atoms with Gasteiger partial charge in [0.05, 0.1) is 24.9 Å². The molecule has 0 amide bonds. The second-order valence-electron chi connectivity index (χ2n) is 6.15. The fraction of sp³-hybridized carbons (Fsp3) is 0.526. The highest BCUT2D eigenvalue weighted by molar-refractivity contribution is 5.43. The van der Waals surface area contributed by atoms with E-state index in [0.717, 1.165) is 42.5 Å². The number of nitrogens with zero attached hydrogens (tertiary/aromatic N) is 2. The molecule has 0 radical (unpaired) electrons. The van der Waals surface area contributed by atoms with Gasteiger partial charge in [-0.25, -0.2) is 0 Å². The number of aryl methyl sites for hydroxylation is 1. The molecular weight excluding hydrogens is 304 g/mol. The van der Waals surface area contributed by atoms with Crippen molar-refractivity contribution in [2.45, 2.75) is 46.2 Å². The highest BCUT2D eigenvalue weighted by atomic mass is 16.5. The maximum atomic E-state index is 5.74. The van der Waals surface area contributed by atoms with Crippen molar-refractivity contribution in [1.29, 1.82) is 0 Å². The molecule has 0 spiro atoms. The van der Waals surface area contributed by atoms with Crippen LogP contribution in [0.3, 0.4) is 0 Å². The van der Waals surface area contributed by atoms with Gasteiger partial charge in [-0.3, -0.25) is 4.90 Å². The Morgan fingerprint density at radius 2 is 1.96 bits per heavy atom. The van der Waals surface area contributed by atoms with Gasteiger partial charge in [-0.2, -0.15) is 0 Å². The third kappa shape index (κ3) is 3.73. The Bertz CT molecular complexity index is 668. The summed E-state index contributed by atoms with van der Waals surface area (Å²) in [6.07, 6.45) is 2.30. The van der Waals surface area contributed by atoms with Gasteiger partial charge in [0.1, 0.15) is 0 Å². The highest BCUT2D eigenvalue weighted by Crippen LogP contribution is 2.35. The summed E-state index contributed by atoms with van der Waals surface area (Å²) < 4.78 is 16.9. The largest absolute Gasteiger partial charge is 0.490 e. The van der Waals surface area contributed by atoms with Gasteiger partial charge < -0.3 is 14.0 Å². The van der Waals surface area contributed by atoms with Crippen molar-refractivity contribution in [3.8, 4) is 11.5 Å². The van der Waals surface area contributed by atoms with Crippen molar-refractivity contribution in [2.24, 2.45) is 0 Å². The molecule has 1 unspecified atom stereocenters. The van der Waals surface area contributed by atoms with E-state index in [2.05, 4.69) is 22.2 Å². The van der Waals surface area contributed by atoms with Gasteiger partial charge in [-0.05, 0) is 57.9 Å². The first kappa shape index (κ1) is 16.8. The summed E-state index contributed by atoms with van der Waals surface area (Å²) >= 11 is 0. The molecule has 2 heterocycles. The topological polar surface area (TPSA) is 47.7 Å². The molecule has 1 fully saturated rings. The lowest BCUT2D eigenvalue weighted by molar-refractivity contribution is 0.206. The maximum Gasteiger partial charge on any atom is 0.161 e. The first-order valence-electron chi connectivity index (χ1n) is 8.77. The zero-order chi connectivity index (χ0) is 16.9. The average Bonchev–Trinajstić information content (AvgIpc) is 3.19. The highest BCUT2D eigenvalue weighted by Gasteiger charge is 2.29. The number of aromatic nitrogens is 1. The SMILES string of the molecule is CCOc1ccc(CN2CCCC2c2cc(C)no2)cc1OCC. The molecule has 5 nitrogen and oxygen atoms in total. The van der Waals surface area contributed by atoms with E-state index in [1.165, 1.54) is 12.0 Å². The monoisotopic (exact) mass is 330 g/mol. The average molecular weight is 330 g/mol. The van der Waals surface area contributed by atoms with Crippen molar-refractivity contribution >= 4 is 0 Å². The van der Waals surface area contributed by atoms with E-state index in [-0.39, 0.29) is 0 Å². The van der Waals surface area contributed by atoms with Crippen LogP contribution in [-0.2, 0) is 6.54 Å². The third-order valence-corrected chi connectivity index (χ3v) is 4.33. The molecule has 5 heteroatoms. The quantitative estimate of drug-likeness (QED) is 0.764. The van der Waals surface area contributed by atoms with Crippen LogP contribution in [0.5, 0.6) is 11.5 Å². The van der Waals surface area contributed by atoms with Gasteiger partial charge in [0.15, 0.2) is 17.3 Å².